The Balaban J connectivity index is 1.89. The first kappa shape index (κ1) is 15.3. The quantitative estimate of drug-likeness (QED) is 0.832. The number of benzene rings is 1. The van der Waals surface area contributed by atoms with E-state index in [4.69, 9.17) is 14.2 Å². The summed E-state index contributed by atoms with van der Waals surface area (Å²) in [5.74, 6) is 0.918. The lowest BCUT2D eigenvalue weighted by Gasteiger charge is -2.28. The summed E-state index contributed by atoms with van der Waals surface area (Å²) in [4.78, 5) is 0. The Kier molecular flexibility index (Phi) is 5.40. The fraction of sp³-hybridized carbons (Fsp3) is 0.625. The van der Waals surface area contributed by atoms with Crippen molar-refractivity contribution in [3.63, 3.8) is 0 Å². The van der Waals surface area contributed by atoms with Crippen LogP contribution in [-0.2, 0) is 9.47 Å². The summed E-state index contributed by atoms with van der Waals surface area (Å²) in [6.07, 6.45) is 0.951. The van der Waals surface area contributed by atoms with Crippen LogP contribution in [0.3, 0.4) is 0 Å². The molecule has 1 saturated heterocycles. The van der Waals surface area contributed by atoms with Gasteiger partial charge in [-0.2, -0.15) is 0 Å². The third-order valence-electron chi connectivity index (χ3n) is 3.92. The summed E-state index contributed by atoms with van der Waals surface area (Å²) in [7, 11) is 1.76. The van der Waals surface area contributed by atoms with Gasteiger partial charge in [0.25, 0.3) is 0 Å². The molecule has 1 fully saturated rings. The van der Waals surface area contributed by atoms with Gasteiger partial charge in [0.15, 0.2) is 0 Å². The van der Waals surface area contributed by atoms with Gasteiger partial charge in [0.1, 0.15) is 11.4 Å². The Hall–Kier alpha value is -1.10. The molecule has 1 aromatic rings. The first-order chi connectivity index (χ1) is 9.69. The van der Waals surface area contributed by atoms with Crippen LogP contribution in [-0.4, -0.2) is 39.1 Å². The standard InChI is InChI=1S/C16H25NO3/c1-4-20-15-7-5-14(6-8-15)13(2)17-11-16(18-3)9-10-19-12-16/h5-8,13,17H,4,9-12H2,1-3H3. The molecule has 2 unspecified atom stereocenters. The number of methoxy groups -OCH3 is 1. The summed E-state index contributed by atoms with van der Waals surface area (Å²) in [6, 6.07) is 8.52. The van der Waals surface area contributed by atoms with Gasteiger partial charge in [-0.15, -0.1) is 0 Å². The summed E-state index contributed by atoms with van der Waals surface area (Å²) < 4.78 is 16.5. The average molecular weight is 279 g/mol. The molecule has 4 nitrogen and oxygen atoms in total. The largest absolute Gasteiger partial charge is 0.494 e. The first-order valence-electron chi connectivity index (χ1n) is 7.28. The molecular weight excluding hydrogens is 254 g/mol. The Bertz CT molecular complexity index is 399. The molecular formula is C16H25NO3. The molecule has 4 heteroatoms. The molecule has 0 amide bonds. The van der Waals surface area contributed by atoms with Crippen molar-refractivity contribution >= 4 is 0 Å². The molecule has 2 rings (SSSR count). The van der Waals surface area contributed by atoms with E-state index in [0.29, 0.717) is 13.2 Å². The smallest absolute Gasteiger partial charge is 0.119 e. The van der Waals surface area contributed by atoms with Crippen LogP contribution in [0.4, 0.5) is 0 Å². The number of hydrogen-bond acceptors (Lipinski definition) is 4. The summed E-state index contributed by atoms with van der Waals surface area (Å²) in [5.41, 5.74) is 1.08. The minimum absolute atomic E-state index is 0.167. The first-order valence-corrected chi connectivity index (χ1v) is 7.28. The summed E-state index contributed by atoms with van der Waals surface area (Å²) in [6.45, 7) is 7.11. The van der Waals surface area contributed by atoms with E-state index in [1.165, 1.54) is 5.56 Å². The zero-order valence-electron chi connectivity index (χ0n) is 12.6. The van der Waals surface area contributed by atoms with Gasteiger partial charge in [-0.3, -0.25) is 0 Å². The molecule has 0 aromatic heterocycles. The Labute approximate surface area is 121 Å². The molecule has 1 aliphatic rings. The van der Waals surface area contributed by atoms with Gasteiger partial charge in [-0.05, 0) is 31.5 Å². The number of rotatable bonds is 7. The van der Waals surface area contributed by atoms with E-state index >= 15 is 0 Å². The van der Waals surface area contributed by atoms with Crippen LogP contribution in [0.15, 0.2) is 24.3 Å². The number of nitrogens with one attached hydrogen (secondary N) is 1. The van der Waals surface area contributed by atoms with Gasteiger partial charge in [-0.25, -0.2) is 0 Å². The van der Waals surface area contributed by atoms with Gasteiger partial charge in [0, 0.05) is 32.7 Å². The van der Waals surface area contributed by atoms with Crippen molar-refractivity contribution in [3.8, 4) is 5.75 Å². The Morgan fingerprint density at radius 1 is 1.35 bits per heavy atom. The van der Waals surface area contributed by atoms with Crippen molar-refractivity contribution in [2.75, 3.05) is 33.5 Å². The van der Waals surface area contributed by atoms with Gasteiger partial charge in [0.05, 0.1) is 13.2 Å². The molecule has 1 N–H and O–H groups in total. The zero-order valence-corrected chi connectivity index (χ0v) is 12.6. The van der Waals surface area contributed by atoms with E-state index in [1.807, 2.05) is 19.1 Å². The maximum atomic E-state index is 5.63. The monoisotopic (exact) mass is 279 g/mol. The maximum Gasteiger partial charge on any atom is 0.119 e. The Morgan fingerprint density at radius 3 is 2.65 bits per heavy atom. The highest BCUT2D eigenvalue weighted by Crippen LogP contribution is 2.23. The van der Waals surface area contributed by atoms with Crippen molar-refractivity contribution in [2.45, 2.75) is 31.9 Å². The van der Waals surface area contributed by atoms with Crippen molar-refractivity contribution in [2.24, 2.45) is 0 Å². The third-order valence-corrected chi connectivity index (χ3v) is 3.92. The van der Waals surface area contributed by atoms with E-state index in [9.17, 15) is 0 Å². The molecule has 0 saturated carbocycles. The van der Waals surface area contributed by atoms with Crippen LogP contribution in [0.5, 0.6) is 5.75 Å². The van der Waals surface area contributed by atoms with Crippen molar-refractivity contribution in [1.82, 2.24) is 5.32 Å². The molecule has 0 aliphatic carbocycles. The zero-order chi connectivity index (χ0) is 14.4. The highest BCUT2D eigenvalue weighted by Gasteiger charge is 2.34. The van der Waals surface area contributed by atoms with E-state index in [1.54, 1.807) is 7.11 Å². The van der Waals surface area contributed by atoms with Gasteiger partial charge >= 0.3 is 0 Å². The lowest BCUT2D eigenvalue weighted by atomic mass is 10.0. The summed E-state index contributed by atoms with van der Waals surface area (Å²) in [5, 5.41) is 3.54. The fourth-order valence-corrected chi connectivity index (χ4v) is 2.44. The van der Waals surface area contributed by atoms with Crippen LogP contribution in [0, 0.1) is 0 Å². The van der Waals surface area contributed by atoms with E-state index in [2.05, 4.69) is 24.4 Å². The fourth-order valence-electron chi connectivity index (χ4n) is 2.44. The predicted octanol–water partition coefficient (Wildman–Crippen LogP) is 2.54. The number of hydrogen-bond donors (Lipinski definition) is 1. The maximum absolute atomic E-state index is 5.63. The number of ether oxygens (including phenoxy) is 3. The SMILES string of the molecule is CCOc1ccc(C(C)NCC2(OC)CCOC2)cc1. The molecule has 1 heterocycles. The summed E-state index contributed by atoms with van der Waals surface area (Å²) >= 11 is 0. The van der Waals surface area contributed by atoms with Gasteiger partial charge in [-0.1, -0.05) is 12.1 Å². The van der Waals surface area contributed by atoms with Crippen molar-refractivity contribution in [1.29, 1.82) is 0 Å². The second-order valence-corrected chi connectivity index (χ2v) is 5.29. The minimum Gasteiger partial charge on any atom is -0.494 e. The van der Waals surface area contributed by atoms with E-state index in [0.717, 1.165) is 25.3 Å². The molecule has 112 valence electrons. The van der Waals surface area contributed by atoms with Crippen molar-refractivity contribution in [3.05, 3.63) is 29.8 Å². The minimum atomic E-state index is -0.167. The lowest BCUT2D eigenvalue weighted by Crippen LogP contribution is -2.43. The van der Waals surface area contributed by atoms with Crippen LogP contribution in [0.25, 0.3) is 0 Å². The normalized spacial score (nSPS) is 23.8. The van der Waals surface area contributed by atoms with E-state index in [-0.39, 0.29) is 11.6 Å². The van der Waals surface area contributed by atoms with Crippen LogP contribution in [0.1, 0.15) is 31.9 Å². The molecule has 0 spiro atoms. The lowest BCUT2D eigenvalue weighted by molar-refractivity contribution is -0.0172. The molecule has 0 radical (unpaired) electrons. The van der Waals surface area contributed by atoms with E-state index < -0.39 is 0 Å². The Morgan fingerprint density at radius 2 is 2.10 bits per heavy atom. The molecule has 2 atom stereocenters. The van der Waals surface area contributed by atoms with Crippen LogP contribution < -0.4 is 10.1 Å². The van der Waals surface area contributed by atoms with Gasteiger partial charge in [0.2, 0.25) is 0 Å². The highest BCUT2D eigenvalue weighted by molar-refractivity contribution is 5.28. The average Bonchev–Trinajstić information content (AvgIpc) is 2.95. The topological polar surface area (TPSA) is 39.7 Å². The third kappa shape index (κ3) is 3.72. The van der Waals surface area contributed by atoms with Crippen molar-refractivity contribution < 1.29 is 14.2 Å². The second kappa shape index (κ2) is 7.07. The van der Waals surface area contributed by atoms with Crippen LogP contribution in [0.2, 0.25) is 0 Å². The molecule has 20 heavy (non-hydrogen) atoms. The molecule has 1 aliphatic heterocycles. The van der Waals surface area contributed by atoms with Crippen LogP contribution >= 0.6 is 0 Å². The molecule has 1 aromatic carbocycles. The molecule has 0 bridgehead atoms. The van der Waals surface area contributed by atoms with Gasteiger partial charge < -0.3 is 19.5 Å². The highest BCUT2D eigenvalue weighted by atomic mass is 16.5. The predicted molar refractivity (Wildman–Crippen MR) is 79.2 cm³/mol. The second-order valence-electron chi connectivity index (χ2n) is 5.29.